The van der Waals surface area contributed by atoms with Gasteiger partial charge in [0.2, 0.25) is 0 Å². The molecule has 1 rings (SSSR count). The molecule has 0 amide bonds. The van der Waals surface area contributed by atoms with Crippen LogP contribution in [0.25, 0.3) is 0 Å². The summed E-state index contributed by atoms with van der Waals surface area (Å²) in [6, 6.07) is 10.7. The third-order valence-corrected chi connectivity index (χ3v) is 2.28. The number of hydrogen-bond acceptors (Lipinski definition) is 2. The summed E-state index contributed by atoms with van der Waals surface area (Å²) in [4.78, 5) is 0.903. The maximum atomic E-state index is 5.02. The summed E-state index contributed by atoms with van der Waals surface area (Å²) in [5.41, 5.74) is 2.39. The van der Waals surface area contributed by atoms with Crippen LogP contribution in [0, 0.1) is 0 Å². The van der Waals surface area contributed by atoms with Crippen molar-refractivity contribution in [1.82, 2.24) is 5.32 Å². The smallest absolute Gasteiger partial charge is 0.0482 e. The fraction of sp³-hybridized carbons (Fsp3) is 0.308. The Morgan fingerprint density at radius 2 is 1.87 bits per heavy atom. The minimum atomic E-state index is 0.316. The quantitative estimate of drug-likeness (QED) is 0.613. The Labute approximate surface area is 97.2 Å². The van der Waals surface area contributed by atoms with Crippen LogP contribution in [-0.4, -0.2) is 4.86 Å². The Balaban J connectivity index is 2.64. The number of allylic oxidation sites excluding steroid dienone is 2. The van der Waals surface area contributed by atoms with E-state index in [0.29, 0.717) is 6.04 Å². The highest BCUT2D eigenvalue weighted by Gasteiger charge is 2.03. The number of benzene rings is 1. The van der Waals surface area contributed by atoms with Gasteiger partial charge in [0.1, 0.15) is 0 Å². The predicted molar refractivity (Wildman–Crippen MR) is 70.0 cm³/mol. The Morgan fingerprint density at radius 1 is 1.27 bits per heavy atom. The standard InChI is InChI=1S/C13H17NS/c1-10(9-11(2)15)14-12(3)13-7-5-4-6-8-13/h4-9,12,14H,1-3H3/b10-9+. The zero-order valence-corrected chi connectivity index (χ0v) is 10.3. The van der Waals surface area contributed by atoms with Gasteiger partial charge in [0.25, 0.3) is 0 Å². The molecule has 0 aliphatic rings. The molecule has 0 aromatic heterocycles. The van der Waals surface area contributed by atoms with Gasteiger partial charge in [-0.05, 0) is 32.4 Å². The van der Waals surface area contributed by atoms with Crippen molar-refractivity contribution in [3.8, 4) is 0 Å². The lowest BCUT2D eigenvalue weighted by Gasteiger charge is -2.15. The highest BCUT2D eigenvalue weighted by Crippen LogP contribution is 2.12. The van der Waals surface area contributed by atoms with Gasteiger partial charge in [0, 0.05) is 16.6 Å². The van der Waals surface area contributed by atoms with Crippen molar-refractivity contribution in [3.63, 3.8) is 0 Å². The van der Waals surface area contributed by atoms with Gasteiger partial charge in [-0.2, -0.15) is 0 Å². The Morgan fingerprint density at radius 3 is 2.40 bits per heavy atom. The molecule has 0 aliphatic carbocycles. The fourth-order valence-corrected chi connectivity index (χ4v) is 1.69. The van der Waals surface area contributed by atoms with Gasteiger partial charge in [-0.3, -0.25) is 0 Å². The average Bonchev–Trinajstić information content (AvgIpc) is 2.17. The van der Waals surface area contributed by atoms with Gasteiger partial charge >= 0.3 is 0 Å². The van der Waals surface area contributed by atoms with E-state index in [4.69, 9.17) is 12.2 Å². The normalized spacial score (nSPS) is 13.4. The highest BCUT2D eigenvalue weighted by atomic mass is 32.1. The largest absolute Gasteiger partial charge is 0.382 e. The first-order valence-corrected chi connectivity index (χ1v) is 5.51. The SMILES string of the molecule is CC(=S)/C=C(\C)NC(C)c1ccccc1. The van der Waals surface area contributed by atoms with Crippen molar-refractivity contribution >= 4 is 17.1 Å². The molecule has 1 atom stereocenters. The monoisotopic (exact) mass is 219 g/mol. The zero-order chi connectivity index (χ0) is 11.3. The topological polar surface area (TPSA) is 12.0 Å². The molecule has 0 saturated carbocycles. The van der Waals surface area contributed by atoms with E-state index in [1.54, 1.807) is 0 Å². The van der Waals surface area contributed by atoms with Crippen molar-refractivity contribution in [2.45, 2.75) is 26.8 Å². The molecule has 0 aliphatic heterocycles. The van der Waals surface area contributed by atoms with Crippen molar-refractivity contribution in [3.05, 3.63) is 47.7 Å². The molecule has 1 aromatic rings. The van der Waals surface area contributed by atoms with E-state index in [9.17, 15) is 0 Å². The van der Waals surface area contributed by atoms with Crippen LogP contribution in [0.4, 0.5) is 0 Å². The molecule has 0 fully saturated rings. The van der Waals surface area contributed by atoms with Gasteiger partial charge in [0.05, 0.1) is 0 Å². The van der Waals surface area contributed by atoms with Crippen LogP contribution in [0.3, 0.4) is 0 Å². The summed E-state index contributed by atoms with van der Waals surface area (Å²) in [7, 11) is 0. The van der Waals surface area contributed by atoms with Gasteiger partial charge < -0.3 is 5.32 Å². The van der Waals surface area contributed by atoms with Crippen molar-refractivity contribution < 1.29 is 0 Å². The zero-order valence-electron chi connectivity index (χ0n) is 9.45. The second-order valence-electron chi connectivity index (χ2n) is 3.71. The fourth-order valence-electron chi connectivity index (χ4n) is 1.51. The average molecular weight is 219 g/mol. The maximum absolute atomic E-state index is 5.02. The lowest BCUT2D eigenvalue weighted by atomic mass is 10.1. The van der Waals surface area contributed by atoms with Crippen molar-refractivity contribution in [1.29, 1.82) is 0 Å². The predicted octanol–water partition coefficient (Wildman–Crippen LogP) is 3.63. The van der Waals surface area contributed by atoms with Crippen molar-refractivity contribution in [2.75, 3.05) is 0 Å². The Kier molecular flexibility index (Phi) is 4.50. The van der Waals surface area contributed by atoms with E-state index in [-0.39, 0.29) is 0 Å². The summed E-state index contributed by atoms with van der Waals surface area (Å²) >= 11 is 5.02. The molecule has 1 unspecified atom stereocenters. The molecule has 0 radical (unpaired) electrons. The molecule has 15 heavy (non-hydrogen) atoms. The highest BCUT2D eigenvalue weighted by molar-refractivity contribution is 7.80. The molecule has 80 valence electrons. The number of hydrogen-bond donors (Lipinski definition) is 1. The summed E-state index contributed by atoms with van der Waals surface area (Å²) in [6.45, 7) is 6.11. The molecule has 1 nitrogen and oxygen atoms in total. The molecule has 0 spiro atoms. The van der Waals surface area contributed by atoms with Gasteiger partial charge in [-0.25, -0.2) is 0 Å². The molecule has 0 heterocycles. The molecule has 1 aromatic carbocycles. The number of rotatable bonds is 4. The van der Waals surface area contributed by atoms with Crippen LogP contribution >= 0.6 is 12.2 Å². The summed E-state index contributed by atoms with van der Waals surface area (Å²) in [6.07, 6.45) is 1.98. The Hall–Kier alpha value is -1.15. The molecule has 2 heteroatoms. The molecular formula is C13H17NS. The van der Waals surface area contributed by atoms with Gasteiger partial charge in [-0.1, -0.05) is 42.5 Å². The van der Waals surface area contributed by atoms with Crippen LogP contribution in [0.2, 0.25) is 0 Å². The van der Waals surface area contributed by atoms with Crippen LogP contribution in [0.1, 0.15) is 32.4 Å². The lowest BCUT2D eigenvalue weighted by molar-refractivity contribution is 0.654. The summed E-state index contributed by atoms with van der Waals surface area (Å²) in [5, 5.41) is 3.40. The molecule has 0 saturated heterocycles. The molecular weight excluding hydrogens is 202 g/mol. The van der Waals surface area contributed by atoms with E-state index in [2.05, 4.69) is 36.5 Å². The van der Waals surface area contributed by atoms with E-state index in [1.807, 2.05) is 26.0 Å². The third kappa shape index (κ3) is 4.26. The lowest BCUT2D eigenvalue weighted by Crippen LogP contribution is -2.16. The van der Waals surface area contributed by atoms with Crippen LogP contribution in [0.5, 0.6) is 0 Å². The first-order chi connectivity index (χ1) is 7.09. The minimum Gasteiger partial charge on any atom is -0.382 e. The number of nitrogens with one attached hydrogen (secondary N) is 1. The molecule has 0 bridgehead atoms. The van der Waals surface area contributed by atoms with E-state index < -0.39 is 0 Å². The van der Waals surface area contributed by atoms with Gasteiger partial charge in [0.15, 0.2) is 0 Å². The first kappa shape index (κ1) is 11.9. The summed E-state index contributed by atoms with van der Waals surface area (Å²) < 4.78 is 0. The van der Waals surface area contributed by atoms with Crippen LogP contribution in [0.15, 0.2) is 42.1 Å². The maximum Gasteiger partial charge on any atom is 0.0482 e. The summed E-state index contributed by atoms with van der Waals surface area (Å²) in [5.74, 6) is 0. The van der Waals surface area contributed by atoms with E-state index in [1.165, 1.54) is 5.56 Å². The van der Waals surface area contributed by atoms with Crippen LogP contribution in [-0.2, 0) is 0 Å². The third-order valence-electron chi connectivity index (χ3n) is 2.16. The van der Waals surface area contributed by atoms with E-state index >= 15 is 0 Å². The van der Waals surface area contributed by atoms with E-state index in [0.717, 1.165) is 10.6 Å². The van der Waals surface area contributed by atoms with Crippen LogP contribution < -0.4 is 5.32 Å². The first-order valence-electron chi connectivity index (χ1n) is 5.10. The number of thiocarbonyl (C=S) groups is 1. The minimum absolute atomic E-state index is 0.316. The Bertz CT molecular complexity index is 354. The molecule has 1 N–H and O–H groups in total. The second-order valence-corrected chi connectivity index (χ2v) is 4.36. The van der Waals surface area contributed by atoms with Gasteiger partial charge in [-0.15, -0.1) is 0 Å². The van der Waals surface area contributed by atoms with Crippen molar-refractivity contribution in [2.24, 2.45) is 0 Å². The second kappa shape index (κ2) is 5.66.